The van der Waals surface area contributed by atoms with E-state index in [-0.39, 0.29) is 5.91 Å². The summed E-state index contributed by atoms with van der Waals surface area (Å²) < 4.78 is 11.2. The number of nitrogens with zero attached hydrogens (tertiary/aromatic N) is 1. The first-order valence-corrected chi connectivity index (χ1v) is 7.84. The predicted molar refractivity (Wildman–Crippen MR) is 93.6 cm³/mol. The van der Waals surface area contributed by atoms with Crippen molar-refractivity contribution in [1.82, 2.24) is 4.98 Å². The van der Waals surface area contributed by atoms with Crippen LogP contribution >= 0.6 is 15.9 Å². The van der Waals surface area contributed by atoms with Gasteiger partial charge in [-0.05, 0) is 60.5 Å². The Hall–Kier alpha value is -2.08. The normalized spacial score (nSPS) is 10.3. The summed E-state index contributed by atoms with van der Waals surface area (Å²) >= 11 is 3.39. The second-order valence-electron chi connectivity index (χ2n) is 5.19. The van der Waals surface area contributed by atoms with Crippen LogP contribution in [0.5, 0.6) is 11.5 Å². The smallest absolute Gasteiger partial charge is 0.255 e. The second-order valence-corrected chi connectivity index (χ2v) is 5.98. The number of hydrogen-bond acceptors (Lipinski definition) is 4. The van der Waals surface area contributed by atoms with Gasteiger partial charge in [0.2, 0.25) is 0 Å². The number of halogens is 1. The van der Waals surface area contributed by atoms with Gasteiger partial charge in [0, 0.05) is 11.3 Å². The van der Waals surface area contributed by atoms with E-state index in [4.69, 9.17) is 9.47 Å². The molecule has 0 unspecified atom stereocenters. The Bertz CT molecular complexity index is 711. The number of rotatable bonds is 4. The Kier molecular flexibility index (Phi) is 5.26. The Morgan fingerprint density at radius 3 is 2.13 bits per heavy atom. The van der Waals surface area contributed by atoms with Gasteiger partial charge in [0.1, 0.15) is 16.0 Å². The van der Waals surface area contributed by atoms with Gasteiger partial charge in [-0.15, -0.1) is 0 Å². The molecule has 1 amide bonds. The SMILES string of the molecule is COc1cc(C(=O)Nc2c(C)cc(C)nc2C)cc(OC)c1Br. The van der Waals surface area contributed by atoms with Crippen LogP contribution < -0.4 is 14.8 Å². The summed E-state index contributed by atoms with van der Waals surface area (Å²) in [6, 6.07) is 5.26. The van der Waals surface area contributed by atoms with Crippen LogP contribution in [0.2, 0.25) is 0 Å². The van der Waals surface area contributed by atoms with Crippen molar-refractivity contribution in [3.05, 3.63) is 45.2 Å². The Labute approximate surface area is 144 Å². The maximum Gasteiger partial charge on any atom is 0.255 e. The third-order valence-corrected chi connectivity index (χ3v) is 4.25. The van der Waals surface area contributed by atoms with E-state index in [0.29, 0.717) is 21.5 Å². The van der Waals surface area contributed by atoms with Gasteiger partial charge < -0.3 is 14.8 Å². The van der Waals surface area contributed by atoms with Crippen molar-refractivity contribution in [3.63, 3.8) is 0 Å². The molecule has 5 nitrogen and oxygen atoms in total. The fourth-order valence-electron chi connectivity index (χ4n) is 2.40. The monoisotopic (exact) mass is 378 g/mol. The maximum absolute atomic E-state index is 12.6. The van der Waals surface area contributed by atoms with Crippen LogP contribution in [0.4, 0.5) is 5.69 Å². The van der Waals surface area contributed by atoms with E-state index in [9.17, 15) is 4.79 Å². The standard InChI is InChI=1S/C17H19BrN2O3/c1-9-6-10(2)19-11(3)16(9)20-17(21)12-7-13(22-4)15(18)14(8-12)23-5/h6-8H,1-5H3,(H,20,21). The molecule has 23 heavy (non-hydrogen) atoms. The number of hydrogen-bond donors (Lipinski definition) is 1. The zero-order valence-corrected chi connectivity index (χ0v) is 15.4. The lowest BCUT2D eigenvalue weighted by Gasteiger charge is -2.14. The molecule has 2 aromatic rings. The molecule has 0 fully saturated rings. The van der Waals surface area contributed by atoms with Gasteiger partial charge in [-0.2, -0.15) is 0 Å². The molecule has 6 heteroatoms. The van der Waals surface area contributed by atoms with Gasteiger partial charge >= 0.3 is 0 Å². The first-order chi connectivity index (χ1) is 10.9. The molecule has 0 bridgehead atoms. The van der Waals surface area contributed by atoms with Crippen molar-refractivity contribution in [1.29, 1.82) is 0 Å². The number of benzene rings is 1. The topological polar surface area (TPSA) is 60.5 Å². The van der Waals surface area contributed by atoms with E-state index in [1.165, 1.54) is 0 Å². The van der Waals surface area contributed by atoms with E-state index >= 15 is 0 Å². The zero-order chi connectivity index (χ0) is 17.1. The van der Waals surface area contributed by atoms with Crippen molar-refractivity contribution in [3.8, 4) is 11.5 Å². The number of ether oxygens (including phenoxy) is 2. The minimum absolute atomic E-state index is 0.244. The molecule has 0 saturated heterocycles. The van der Waals surface area contributed by atoms with Crippen LogP contribution in [0.3, 0.4) is 0 Å². The number of carbonyl (C=O) groups is 1. The van der Waals surface area contributed by atoms with Crippen LogP contribution in [-0.4, -0.2) is 25.1 Å². The summed E-state index contributed by atoms with van der Waals surface area (Å²) in [6.45, 7) is 5.74. The summed E-state index contributed by atoms with van der Waals surface area (Å²) in [7, 11) is 3.08. The molecule has 0 radical (unpaired) electrons. The lowest BCUT2D eigenvalue weighted by molar-refractivity contribution is 0.102. The summed E-state index contributed by atoms with van der Waals surface area (Å²) in [5.74, 6) is 0.820. The molecule has 0 saturated carbocycles. The Morgan fingerprint density at radius 1 is 1.09 bits per heavy atom. The maximum atomic E-state index is 12.6. The molecule has 1 N–H and O–H groups in total. The van der Waals surface area contributed by atoms with Crippen LogP contribution in [-0.2, 0) is 0 Å². The van der Waals surface area contributed by atoms with Crippen molar-refractivity contribution < 1.29 is 14.3 Å². The van der Waals surface area contributed by atoms with Crippen LogP contribution in [0.25, 0.3) is 0 Å². The molecule has 0 atom stereocenters. The van der Waals surface area contributed by atoms with Crippen LogP contribution in [0.15, 0.2) is 22.7 Å². The molecule has 1 heterocycles. The first kappa shape index (κ1) is 17.3. The van der Waals surface area contributed by atoms with Crippen molar-refractivity contribution >= 4 is 27.5 Å². The van der Waals surface area contributed by atoms with Crippen LogP contribution in [0, 0.1) is 20.8 Å². The predicted octanol–water partition coefficient (Wildman–Crippen LogP) is 4.04. The Balaban J connectivity index is 2.39. The van der Waals surface area contributed by atoms with E-state index < -0.39 is 0 Å². The molecular weight excluding hydrogens is 360 g/mol. The minimum Gasteiger partial charge on any atom is -0.495 e. The average molecular weight is 379 g/mol. The number of carbonyl (C=O) groups excluding carboxylic acids is 1. The number of nitrogens with one attached hydrogen (secondary N) is 1. The van der Waals surface area contributed by atoms with Gasteiger partial charge in [0.05, 0.1) is 25.6 Å². The largest absolute Gasteiger partial charge is 0.495 e. The molecule has 0 spiro atoms. The fraction of sp³-hybridized carbons (Fsp3) is 0.294. The number of aryl methyl sites for hydroxylation is 3. The van der Waals surface area contributed by atoms with Crippen molar-refractivity contribution in [2.75, 3.05) is 19.5 Å². The highest BCUT2D eigenvalue weighted by atomic mass is 79.9. The number of pyridine rings is 1. The quantitative estimate of drug-likeness (QED) is 0.871. The highest BCUT2D eigenvalue weighted by Gasteiger charge is 2.16. The average Bonchev–Trinajstić information content (AvgIpc) is 2.50. The number of anilines is 1. The molecule has 122 valence electrons. The zero-order valence-electron chi connectivity index (χ0n) is 13.8. The number of amides is 1. The molecule has 0 aliphatic heterocycles. The number of methoxy groups -OCH3 is 2. The fourth-order valence-corrected chi connectivity index (χ4v) is 2.95. The first-order valence-electron chi connectivity index (χ1n) is 7.05. The molecule has 2 rings (SSSR count). The number of aromatic nitrogens is 1. The van der Waals surface area contributed by atoms with E-state index in [2.05, 4.69) is 26.2 Å². The van der Waals surface area contributed by atoms with E-state index in [1.54, 1.807) is 26.4 Å². The Morgan fingerprint density at radius 2 is 1.65 bits per heavy atom. The highest BCUT2D eigenvalue weighted by molar-refractivity contribution is 9.10. The highest BCUT2D eigenvalue weighted by Crippen LogP contribution is 2.36. The third-order valence-electron chi connectivity index (χ3n) is 3.47. The molecular formula is C17H19BrN2O3. The molecule has 0 aliphatic carbocycles. The third kappa shape index (κ3) is 3.64. The van der Waals surface area contributed by atoms with Gasteiger partial charge in [0.15, 0.2) is 0 Å². The summed E-state index contributed by atoms with van der Waals surface area (Å²) in [5.41, 5.74) is 3.85. The minimum atomic E-state index is -0.244. The summed E-state index contributed by atoms with van der Waals surface area (Å²) in [4.78, 5) is 17.0. The van der Waals surface area contributed by atoms with Crippen molar-refractivity contribution in [2.24, 2.45) is 0 Å². The molecule has 0 aliphatic rings. The van der Waals surface area contributed by atoms with Gasteiger partial charge in [0.25, 0.3) is 5.91 Å². The van der Waals surface area contributed by atoms with Gasteiger partial charge in [-0.3, -0.25) is 9.78 Å². The van der Waals surface area contributed by atoms with E-state index in [1.807, 2.05) is 26.8 Å². The van der Waals surface area contributed by atoms with Crippen LogP contribution in [0.1, 0.15) is 27.3 Å². The van der Waals surface area contributed by atoms with Crippen molar-refractivity contribution in [2.45, 2.75) is 20.8 Å². The van der Waals surface area contributed by atoms with Gasteiger partial charge in [-0.25, -0.2) is 0 Å². The molecule has 1 aromatic carbocycles. The molecule has 1 aromatic heterocycles. The lowest BCUT2D eigenvalue weighted by Crippen LogP contribution is -2.15. The lowest BCUT2D eigenvalue weighted by atomic mass is 10.1. The summed E-state index contributed by atoms with van der Waals surface area (Å²) in [6.07, 6.45) is 0. The summed E-state index contributed by atoms with van der Waals surface area (Å²) in [5, 5.41) is 2.92. The van der Waals surface area contributed by atoms with E-state index in [0.717, 1.165) is 22.6 Å². The van der Waals surface area contributed by atoms with Gasteiger partial charge in [-0.1, -0.05) is 0 Å². The second kappa shape index (κ2) is 7.00.